The maximum atomic E-state index is 5.48. The van der Waals surface area contributed by atoms with Gasteiger partial charge in [0.05, 0.1) is 9.52 Å². The predicted molar refractivity (Wildman–Crippen MR) is 120 cm³/mol. The molecule has 3 radical (unpaired) electrons. The number of rotatable bonds is 12. The third-order valence-corrected chi connectivity index (χ3v) is 9.85. The van der Waals surface area contributed by atoms with E-state index in [1.807, 2.05) is 0 Å². The topological polar surface area (TPSA) is 31.4 Å². The molecule has 6 nitrogen and oxygen atoms in total. The monoisotopic (exact) mass is 427 g/mol. The normalized spacial score (nSPS) is 22.4. The summed E-state index contributed by atoms with van der Waals surface area (Å²) < 4.78 is 11.0. The van der Waals surface area contributed by atoms with Crippen molar-refractivity contribution in [3.8, 4) is 0 Å². The molecule has 2 saturated heterocycles. The molecule has 0 bridgehead atoms. The number of piperazine rings is 2. The molecule has 0 amide bonds. The molecule has 0 aromatic rings. The minimum atomic E-state index is -1.06. The van der Waals surface area contributed by atoms with Crippen LogP contribution in [0.4, 0.5) is 0 Å². The first-order valence-corrected chi connectivity index (χ1v) is 13.8. The van der Waals surface area contributed by atoms with Gasteiger partial charge in [0.2, 0.25) is 0 Å². The highest BCUT2D eigenvalue weighted by atomic mass is 28.3. The molecule has 28 heavy (non-hydrogen) atoms. The van der Waals surface area contributed by atoms with Crippen molar-refractivity contribution < 1.29 is 8.85 Å². The Balaban J connectivity index is 1.71. The molecule has 2 fully saturated rings. The SMILES string of the molecule is CO[Si](OC)C(C)CCCCC[Si]C(N1CCN(C)CC1)N1CCN(C)CC1. The Morgan fingerprint density at radius 3 is 1.75 bits per heavy atom. The van der Waals surface area contributed by atoms with E-state index >= 15 is 0 Å². The molecular formula is C20H43N4O2Si2. The minimum absolute atomic E-state index is 0.575. The van der Waals surface area contributed by atoms with E-state index < -0.39 is 9.28 Å². The van der Waals surface area contributed by atoms with Gasteiger partial charge in [-0.25, -0.2) is 0 Å². The van der Waals surface area contributed by atoms with Crippen molar-refractivity contribution in [2.24, 2.45) is 0 Å². The Morgan fingerprint density at radius 2 is 1.29 bits per heavy atom. The van der Waals surface area contributed by atoms with E-state index in [4.69, 9.17) is 8.85 Å². The summed E-state index contributed by atoms with van der Waals surface area (Å²) >= 11 is 0. The van der Waals surface area contributed by atoms with Gasteiger partial charge in [0.1, 0.15) is 0 Å². The smallest absolute Gasteiger partial charge is 0.387 e. The van der Waals surface area contributed by atoms with Crippen molar-refractivity contribution in [2.45, 2.75) is 50.0 Å². The lowest BCUT2D eigenvalue weighted by atomic mass is 10.2. The van der Waals surface area contributed by atoms with Crippen molar-refractivity contribution in [1.29, 1.82) is 0 Å². The predicted octanol–water partition coefficient (Wildman–Crippen LogP) is 1.62. The van der Waals surface area contributed by atoms with Gasteiger partial charge in [-0.1, -0.05) is 32.2 Å². The van der Waals surface area contributed by atoms with Crippen molar-refractivity contribution >= 4 is 18.8 Å². The maximum absolute atomic E-state index is 5.48. The quantitative estimate of drug-likeness (QED) is 0.348. The van der Waals surface area contributed by atoms with Gasteiger partial charge in [0, 0.05) is 77.9 Å². The molecule has 0 saturated carbocycles. The van der Waals surface area contributed by atoms with Crippen LogP contribution >= 0.6 is 0 Å². The lowest BCUT2D eigenvalue weighted by molar-refractivity contribution is 0.0311. The molecule has 163 valence electrons. The second kappa shape index (κ2) is 13.5. The Bertz CT molecular complexity index is 380. The van der Waals surface area contributed by atoms with Crippen LogP contribution in [0.15, 0.2) is 0 Å². The fourth-order valence-corrected chi connectivity index (χ4v) is 7.37. The highest BCUT2D eigenvalue weighted by Crippen LogP contribution is 2.20. The van der Waals surface area contributed by atoms with Crippen LogP contribution in [-0.4, -0.2) is 125 Å². The van der Waals surface area contributed by atoms with Gasteiger partial charge in [-0.15, -0.1) is 0 Å². The van der Waals surface area contributed by atoms with E-state index in [9.17, 15) is 0 Å². The summed E-state index contributed by atoms with van der Waals surface area (Å²) in [6.07, 6.45) is 5.25. The molecule has 0 aromatic heterocycles. The second-order valence-electron chi connectivity index (χ2n) is 8.48. The van der Waals surface area contributed by atoms with Gasteiger partial charge in [-0.05, 0) is 20.5 Å². The van der Waals surface area contributed by atoms with E-state index in [0.29, 0.717) is 11.3 Å². The first-order valence-electron chi connectivity index (χ1n) is 11.1. The van der Waals surface area contributed by atoms with E-state index in [2.05, 4.69) is 40.6 Å². The number of likely N-dealkylation sites (N-methyl/N-ethyl adjacent to an activating group) is 2. The van der Waals surface area contributed by atoms with E-state index in [1.54, 1.807) is 14.2 Å². The molecule has 2 aliphatic heterocycles. The largest absolute Gasteiger partial charge is 0.397 e. The minimum Gasteiger partial charge on any atom is -0.397 e. The molecule has 0 aliphatic carbocycles. The average Bonchev–Trinajstić information content (AvgIpc) is 2.70. The van der Waals surface area contributed by atoms with Crippen molar-refractivity contribution in [3.63, 3.8) is 0 Å². The Morgan fingerprint density at radius 1 is 0.786 bits per heavy atom. The first-order chi connectivity index (χ1) is 13.5. The summed E-state index contributed by atoms with van der Waals surface area (Å²) in [6, 6.07) is 1.38. The number of hydrogen-bond donors (Lipinski definition) is 0. The lowest BCUT2D eigenvalue weighted by Gasteiger charge is -2.45. The highest BCUT2D eigenvalue weighted by molar-refractivity contribution is 6.46. The van der Waals surface area contributed by atoms with Gasteiger partial charge in [0.15, 0.2) is 0 Å². The zero-order valence-electron chi connectivity index (χ0n) is 19.0. The van der Waals surface area contributed by atoms with Gasteiger partial charge < -0.3 is 18.7 Å². The van der Waals surface area contributed by atoms with Crippen LogP contribution in [0, 0.1) is 0 Å². The van der Waals surface area contributed by atoms with Crippen LogP contribution in [0.5, 0.6) is 0 Å². The van der Waals surface area contributed by atoms with Crippen LogP contribution in [-0.2, 0) is 8.85 Å². The number of hydrogen-bond acceptors (Lipinski definition) is 6. The molecule has 2 aliphatic rings. The van der Waals surface area contributed by atoms with Gasteiger partial charge >= 0.3 is 9.28 Å². The zero-order valence-corrected chi connectivity index (χ0v) is 21.0. The molecular weight excluding hydrogens is 384 g/mol. The summed E-state index contributed by atoms with van der Waals surface area (Å²) in [5.41, 5.74) is 0.575. The standard InChI is InChI=1S/C20H43N4O2Si2/c1-19(28(25-4)26-5)9-7-6-8-18-27-20(23-14-10-21(2)11-15-23)24-16-12-22(3)13-17-24/h19-20H,6-18H2,1-5H3. The van der Waals surface area contributed by atoms with Crippen LogP contribution < -0.4 is 0 Å². The summed E-state index contributed by atoms with van der Waals surface area (Å²) in [5, 5.41) is 0. The van der Waals surface area contributed by atoms with Crippen molar-refractivity contribution in [1.82, 2.24) is 19.6 Å². The fourth-order valence-electron chi connectivity index (χ4n) is 4.21. The summed E-state index contributed by atoms with van der Waals surface area (Å²) in [5.74, 6) is 0.679. The van der Waals surface area contributed by atoms with E-state index in [1.165, 1.54) is 84.1 Å². The third kappa shape index (κ3) is 8.14. The third-order valence-electron chi connectivity index (χ3n) is 6.21. The van der Waals surface area contributed by atoms with Gasteiger partial charge in [0.25, 0.3) is 0 Å². The molecule has 0 N–H and O–H groups in total. The van der Waals surface area contributed by atoms with E-state index in [-0.39, 0.29) is 0 Å². The van der Waals surface area contributed by atoms with E-state index in [0.717, 1.165) is 9.52 Å². The summed E-state index contributed by atoms with van der Waals surface area (Å²) in [7, 11) is 8.06. The highest BCUT2D eigenvalue weighted by Gasteiger charge is 2.29. The Kier molecular flexibility index (Phi) is 11.8. The zero-order chi connectivity index (χ0) is 20.4. The maximum Gasteiger partial charge on any atom is 0.387 e. The van der Waals surface area contributed by atoms with Crippen LogP contribution in [0.25, 0.3) is 0 Å². The molecule has 2 heterocycles. The summed E-state index contributed by atoms with van der Waals surface area (Å²) in [6.45, 7) is 12.1. The van der Waals surface area contributed by atoms with Crippen LogP contribution in [0.1, 0.15) is 32.6 Å². The Hall–Kier alpha value is 0.194. The molecule has 1 unspecified atom stereocenters. The second-order valence-corrected chi connectivity index (χ2v) is 12.3. The van der Waals surface area contributed by atoms with Crippen molar-refractivity contribution in [2.75, 3.05) is 80.7 Å². The van der Waals surface area contributed by atoms with Crippen molar-refractivity contribution in [3.05, 3.63) is 0 Å². The fraction of sp³-hybridized carbons (Fsp3) is 1.00. The van der Waals surface area contributed by atoms with Gasteiger partial charge in [-0.2, -0.15) is 0 Å². The average molecular weight is 428 g/mol. The lowest BCUT2D eigenvalue weighted by Crippen LogP contribution is -2.61. The molecule has 1 atom stereocenters. The first kappa shape index (κ1) is 24.5. The Labute approximate surface area is 178 Å². The number of nitrogens with zero attached hydrogens (tertiary/aromatic N) is 4. The summed E-state index contributed by atoms with van der Waals surface area (Å²) in [4.78, 5) is 10.5. The molecule has 0 spiro atoms. The number of unbranched alkanes of at least 4 members (excludes halogenated alkanes) is 2. The van der Waals surface area contributed by atoms with Crippen LogP contribution in [0.3, 0.4) is 0 Å². The molecule has 0 aromatic carbocycles. The van der Waals surface area contributed by atoms with Gasteiger partial charge in [-0.3, -0.25) is 9.80 Å². The van der Waals surface area contributed by atoms with Crippen LogP contribution in [0.2, 0.25) is 11.6 Å². The molecule has 8 heteroatoms. The molecule has 2 rings (SSSR count).